The normalized spacial score (nSPS) is 10.5. The first kappa shape index (κ1) is 11.9. The van der Waals surface area contributed by atoms with E-state index in [4.69, 9.17) is 16.3 Å². The van der Waals surface area contributed by atoms with Crippen molar-refractivity contribution in [2.75, 3.05) is 6.61 Å². The first-order valence-electron chi connectivity index (χ1n) is 5.41. The summed E-state index contributed by atoms with van der Waals surface area (Å²) in [5, 5.41) is 11.3. The molecule has 0 saturated carbocycles. The molecule has 0 amide bonds. The van der Waals surface area contributed by atoms with Crippen molar-refractivity contribution in [1.29, 1.82) is 0 Å². The van der Waals surface area contributed by atoms with Crippen molar-refractivity contribution >= 4 is 11.6 Å². The number of hydrogen-bond acceptors (Lipinski definition) is 4. The molecule has 90 valence electrons. The van der Waals surface area contributed by atoms with Crippen LogP contribution in [0.1, 0.15) is 19.2 Å². The van der Waals surface area contributed by atoms with Crippen LogP contribution < -0.4 is 4.74 Å². The third kappa shape index (κ3) is 2.74. The Morgan fingerprint density at radius 2 is 2.06 bits per heavy atom. The van der Waals surface area contributed by atoms with Gasteiger partial charge in [-0.15, -0.1) is 16.7 Å². The summed E-state index contributed by atoms with van der Waals surface area (Å²) in [6, 6.07) is 7.59. The van der Waals surface area contributed by atoms with E-state index in [1.807, 2.05) is 24.3 Å². The minimum atomic E-state index is 0.279. The van der Waals surface area contributed by atoms with E-state index in [2.05, 4.69) is 22.4 Å². The van der Waals surface area contributed by atoms with Crippen molar-refractivity contribution in [3.63, 3.8) is 0 Å². The van der Waals surface area contributed by atoms with E-state index in [0.29, 0.717) is 5.82 Å². The van der Waals surface area contributed by atoms with Crippen LogP contribution in [0.4, 0.5) is 0 Å². The molecule has 0 atom stereocenters. The number of halogens is 1. The summed E-state index contributed by atoms with van der Waals surface area (Å²) in [6.45, 7) is 2.79. The standard InChI is InChI=1S/C11H13ClN4O/c1-2-7-17-10-5-3-9(4-6-10)16-11(8-12)13-14-15-16/h3-6H,2,7-8H2,1H3. The number of ether oxygens (including phenoxy) is 1. The first-order chi connectivity index (χ1) is 8.35. The van der Waals surface area contributed by atoms with Gasteiger partial charge in [0.2, 0.25) is 0 Å². The molecule has 0 unspecified atom stereocenters. The van der Waals surface area contributed by atoms with Gasteiger partial charge in [-0.25, -0.2) is 0 Å². The van der Waals surface area contributed by atoms with Crippen LogP contribution in [0.3, 0.4) is 0 Å². The molecule has 0 aliphatic heterocycles. The number of alkyl halides is 1. The molecule has 0 radical (unpaired) electrons. The van der Waals surface area contributed by atoms with Gasteiger partial charge in [-0.2, -0.15) is 4.68 Å². The van der Waals surface area contributed by atoms with Gasteiger partial charge in [0.15, 0.2) is 5.82 Å². The van der Waals surface area contributed by atoms with Crippen molar-refractivity contribution in [2.45, 2.75) is 19.2 Å². The zero-order valence-electron chi connectivity index (χ0n) is 9.51. The predicted octanol–water partition coefficient (Wildman–Crippen LogP) is 2.19. The molecule has 0 saturated heterocycles. The molecule has 0 N–H and O–H groups in total. The smallest absolute Gasteiger partial charge is 0.171 e. The number of hydrogen-bond donors (Lipinski definition) is 0. The lowest BCUT2D eigenvalue weighted by Gasteiger charge is -2.06. The largest absolute Gasteiger partial charge is 0.494 e. The van der Waals surface area contributed by atoms with Crippen LogP contribution in [-0.2, 0) is 5.88 Å². The molecular weight excluding hydrogens is 240 g/mol. The van der Waals surface area contributed by atoms with Crippen molar-refractivity contribution in [2.24, 2.45) is 0 Å². The number of rotatable bonds is 5. The molecule has 1 aromatic heterocycles. The quantitative estimate of drug-likeness (QED) is 0.766. The van der Waals surface area contributed by atoms with Gasteiger partial charge >= 0.3 is 0 Å². The molecular formula is C11H13ClN4O. The third-order valence-corrected chi connectivity index (χ3v) is 2.45. The third-order valence-electron chi connectivity index (χ3n) is 2.21. The van der Waals surface area contributed by atoms with Gasteiger partial charge in [-0.05, 0) is 41.1 Å². The second-order valence-corrected chi connectivity index (χ2v) is 3.75. The molecule has 0 aliphatic carbocycles. The summed E-state index contributed by atoms with van der Waals surface area (Å²) in [4.78, 5) is 0. The second-order valence-electron chi connectivity index (χ2n) is 3.48. The Bertz CT molecular complexity index is 469. The average Bonchev–Trinajstić information content (AvgIpc) is 2.85. The lowest BCUT2D eigenvalue weighted by molar-refractivity contribution is 0.317. The first-order valence-corrected chi connectivity index (χ1v) is 5.95. The van der Waals surface area contributed by atoms with Crippen molar-refractivity contribution < 1.29 is 4.74 Å². The molecule has 0 fully saturated rings. The Morgan fingerprint density at radius 3 is 2.71 bits per heavy atom. The number of tetrazole rings is 1. The van der Waals surface area contributed by atoms with Crippen molar-refractivity contribution in [3.05, 3.63) is 30.1 Å². The van der Waals surface area contributed by atoms with Crippen LogP contribution in [0.25, 0.3) is 5.69 Å². The monoisotopic (exact) mass is 252 g/mol. The summed E-state index contributed by atoms with van der Waals surface area (Å²) in [5.74, 6) is 1.74. The van der Waals surface area contributed by atoms with Gasteiger partial charge in [0.1, 0.15) is 5.75 Å². The van der Waals surface area contributed by atoms with Gasteiger partial charge < -0.3 is 4.74 Å². The summed E-state index contributed by atoms with van der Waals surface area (Å²) >= 11 is 5.74. The molecule has 0 spiro atoms. The maximum atomic E-state index is 5.74. The minimum Gasteiger partial charge on any atom is -0.494 e. The van der Waals surface area contributed by atoms with Crippen LogP contribution in [-0.4, -0.2) is 26.8 Å². The topological polar surface area (TPSA) is 52.8 Å². The Balaban J connectivity index is 2.17. The van der Waals surface area contributed by atoms with Gasteiger partial charge in [0.25, 0.3) is 0 Å². The number of aromatic nitrogens is 4. The van der Waals surface area contributed by atoms with Gasteiger partial charge in [0, 0.05) is 0 Å². The zero-order valence-corrected chi connectivity index (χ0v) is 10.3. The maximum absolute atomic E-state index is 5.74. The highest BCUT2D eigenvalue weighted by Crippen LogP contribution is 2.16. The summed E-state index contributed by atoms with van der Waals surface area (Å²) in [6.07, 6.45) is 0.991. The SMILES string of the molecule is CCCOc1ccc(-n2nnnc2CCl)cc1. The summed E-state index contributed by atoms with van der Waals surface area (Å²) in [5.41, 5.74) is 0.870. The lowest BCUT2D eigenvalue weighted by Crippen LogP contribution is -2.01. The van der Waals surface area contributed by atoms with Crippen LogP contribution in [0.15, 0.2) is 24.3 Å². The molecule has 2 aromatic rings. The number of nitrogens with zero attached hydrogens (tertiary/aromatic N) is 4. The van der Waals surface area contributed by atoms with Crippen LogP contribution in [0.5, 0.6) is 5.75 Å². The molecule has 1 heterocycles. The van der Waals surface area contributed by atoms with Crippen LogP contribution in [0.2, 0.25) is 0 Å². The molecule has 1 aromatic carbocycles. The molecule has 17 heavy (non-hydrogen) atoms. The Labute approximate surface area is 104 Å². The Morgan fingerprint density at radius 1 is 1.29 bits per heavy atom. The van der Waals surface area contributed by atoms with E-state index in [1.54, 1.807) is 4.68 Å². The van der Waals surface area contributed by atoms with E-state index >= 15 is 0 Å². The van der Waals surface area contributed by atoms with Crippen molar-refractivity contribution in [1.82, 2.24) is 20.2 Å². The molecule has 0 bridgehead atoms. The molecule has 0 aliphatic rings. The van der Waals surface area contributed by atoms with Crippen molar-refractivity contribution in [3.8, 4) is 11.4 Å². The average molecular weight is 253 g/mol. The molecule has 2 rings (SSSR count). The second kappa shape index (κ2) is 5.63. The predicted molar refractivity (Wildman–Crippen MR) is 64.5 cm³/mol. The molecule has 5 nitrogen and oxygen atoms in total. The Hall–Kier alpha value is -1.62. The van der Waals surface area contributed by atoms with E-state index in [0.717, 1.165) is 24.5 Å². The highest BCUT2D eigenvalue weighted by molar-refractivity contribution is 6.16. The fourth-order valence-corrected chi connectivity index (χ4v) is 1.56. The van der Waals surface area contributed by atoms with Gasteiger partial charge in [-0.3, -0.25) is 0 Å². The fraction of sp³-hybridized carbons (Fsp3) is 0.364. The van der Waals surface area contributed by atoms with Gasteiger partial charge in [0.05, 0.1) is 18.2 Å². The van der Waals surface area contributed by atoms with Crippen LogP contribution >= 0.6 is 11.6 Å². The highest BCUT2D eigenvalue weighted by atomic mass is 35.5. The van der Waals surface area contributed by atoms with Crippen LogP contribution in [0, 0.1) is 0 Å². The number of benzene rings is 1. The van der Waals surface area contributed by atoms with E-state index in [-0.39, 0.29) is 5.88 Å². The maximum Gasteiger partial charge on any atom is 0.171 e. The molecule has 6 heteroatoms. The van der Waals surface area contributed by atoms with E-state index < -0.39 is 0 Å². The highest BCUT2D eigenvalue weighted by Gasteiger charge is 2.06. The lowest BCUT2D eigenvalue weighted by atomic mass is 10.3. The van der Waals surface area contributed by atoms with E-state index in [9.17, 15) is 0 Å². The summed E-state index contributed by atoms with van der Waals surface area (Å²) in [7, 11) is 0. The minimum absolute atomic E-state index is 0.279. The van der Waals surface area contributed by atoms with E-state index in [1.165, 1.54) is 0 Å². The van der Waals surface area contributed by atoms with Gasteiger partial charge in [-0.1, -0.05) is 6.92 Å². The summed E-state index contributed by atoms with van der Waals surface area (Å²) < 4.78 is 7.10. The fourth-order valence-electron chi connectivity index (χ4n) is 1.39. The Kier molecular flexibility index (Phi) is 3.93. The zero-order chi connectivity index (χ0) is 12.1.